The average molecular weight is 345 g/mol. The maximum Gasteiger partial charge on any atom is 0.139 e. The zero-order valence-corrected chi connectivity index (χ0v) is 13.1. The second kappa shape index (κ2) is 5.82. The van der Waals surface area contributed by atoms with Crippen LogP contribution in [-0.2, 0) is 6.54 Å². The molecular formula is C17H14BrFN2. The number of nitrogens with zero attached hydrogens (tertiary/aromatic N) is 1. The van der Waals surface area contributed by atoms with Crippen LogP contribution in [0.2, 0.25) is 0 Å². The van der Waals surface area contributed by atoms with E-state index in [1.807, 2.05) is 37.3 Å². The number of aromatic nitrogens is 1. The summed E-state index contributed by atoms with van der Waals surface area (Å²) in [4.78, 5) is 4.43. The van der Waals surface area contributed by atoms with Crippen LogP contribution in [0.1, 0.15) is 11.1 Å². The van der Waals surface area contributed by atoms with Gasteiger partial charge in [-0.15, -0.1) is 0 Å². The third-order valence-corrected chi connectivity index (χ3v) is 4.06. The number of hydrogen-bond acceptors (Lipinski definition) is 2. The van der Waals surface area contributed by atoms with Crippen LogP contribution >= 0.6 is 15.9 Å². The topological polar surface area (TPSA) is 24.9 Å². The van der Waals surface area contributed by atoms with Gasteiger partial charge in [-0.3, -0.25) is 4.98 Å². The maximum atomic E-state index is 13.6. The molecule has 106 valence electrons. The van der Waals surface area contributed by atoms with Crippen molar-refractivity contribution in [2.75, 3.05) is 5.32 Å². The molecule has 2 nitrogen and oxygen atoms in total. The molecule has 0 fully saturated rings. The van der Waals surface area contributed by atoms with Crippen molar-refractivity contribution in [3.63, 3.8) is 0 Å². The summed E-state index contributed by atoms with van der Waals surface area (Å²) in [5.74, 6) is -0.265. The normalized spacial score (nSPS) is 10.8. The lowest BCUT2D eigenvalue weighted by Gasteiger charge is -2.12. The molecule has 0 saturated carbocycles. The minimum atomic E-state index is -0.265. The second-order valence-corrected chi connectivity index (χ2v) is 5.78. The molecule has 3 aromatic rings. The largest absolute Gasteiger partial charge is 0.381 e. The summed E-state index contributed by atoms with van der Waals surface area (Å²) >= 11 is 3.20. The van der Waals surface area contributed by atoms with Gasteiger partial charge >= 0.3 is 0 Å². The fourth-order valence-corrected chi connectivity index (χ4v) is 2.80. The van der Waals surface area contributed by atoms with Gasteiger partial charge in [-0.25, -0.2) is 4.39 Å². The summed E-state index contributed by atoms with van der Waals surface area (Å²) < 4.78 is 14.1. The lowest BCUT2D eigenvalue weighted by Crippen LogP contribution is -2.03. The van der Waals surface area contributed by atoms with E-state index in [1.165, 1.54) is 6.07 Å². The first-order valence-electron chi connectivity index (χ1n) is 6.67. The highest BCUT2D eigenvalue weighted by molar-refractivity contribution is 9.10. The number of nitrogens with one attached hydrogen (secondary N) is 1. The van der Waals surface area contributed by atoms with Gasteiger partial charge < -0.3 is 5.32 Å². The van der Waals surface area contributed by atoms with Crippen molar-refractivity contribution >= 4 is 32.5 Å². The Bertz CT molecular complexity index is 797. The van der Waals surface area contributed by atoms with Crippen LogP contribution in [0.5, 0.6) is 0 Å². The summed E-state index contributed by atoms with van der Waals surface area (Å²) in [6.07, 6.45) is 1.79. The number of halogens is 2. The molecule has 21 heavy (non-hydrogen) atoms. The van der Waals surface area contributed by atoms with Gasteiger partial charge in [0.2, 0.25) is 0 Å². The predicted molar refractivity (Wildman–Crippen MR) is 87.9 cm³/mol. The van der Waals surface area contributed by atoms with Crippen molar-refractivity contribution in [3.05, 3.63) is 70.1 Å². The van der Waals surface area contributed by atoms with Crippen LogP contribution in [-0.4, -0.2) is 4.98 Å². The van der Waals surface area contributed by atoms with Gasteiger partial charge in [-0.2, -0.15) is 0 Å². The lowest BCUT2D eigenvalue weighted by molar-refractivity contribution is 0.621. The lowest BCUT2D eigenvalue weighted by atomic mass is 10.1. The Morgan fingerprint density at radius 2 is 2.00 bits per heavy atom. The number of benzene rings is 2. The third-order valence-electron chi connectivity index (χ3n) is 3.45. The standard InChI is InChI=1S/C17H14BrFN2/c1-11-8-14(18)15(19)9-16(11)21-10-13-5-2-4-12-6-3-7-20-17(12)13/h2-9,21H,10H2,1H3. The van der Waals surface area contributed by atoms with E-state index in [4.69, 9.17) is 0 Å². The quantitative estimate of drug-likeness (QED) is 0.718. The fourth-order valence-electron chi connectivity index (χ4n) is 2.34. The van der Waals surface area contributed by atoms with E-state index in [2.05, 4.69) is 26.2 Å². The average Bonchev–Trinajstić information content (AvgIpc) is 2.49. The van der Waals surface area contributed by atoms with Gasteiger partial charge in [0.25, 0.3) is 0 Å². The Morgan fingerprint density at radius 1 is 1.19 bits per heavy atom. The molecule has 0 unspecified atom stereocenters. The maximum absolute atomic E-state index is 13.6. The molecule has 0 aliphatic carbocycles. The molecule has 3 rings (SSSR count). The number of hydrogen-bond donors (Lipinski definition) is 1. The molecule has 0 radical (unpaired) electrons. The Balaban J connectivity index is 1.89. The van der Waals surface area contributed by atoms with E-state index in [0.717, 1.165) is 27.7 Å². The van der Waals surface area contributed by atoms with Crippen LogP contribution in [0.25, 0.3) is 10.9 Å². The van der Waals surface area contributed by atoms with Crippen LogP contribution in [0.4, 0.5) is 10.1 Å². The number of para-hydroxylation sites is 1. The van der Waals surface area contributed by atoms with Crippen molar-refractivity contribution in [1.82, 2.24) is 4.98 Å². The van der Waals surface area contributed by atoms with Gasteiger partial charge in [0.1, 0.15) is 5.82 Å². The Kier molecular flexibility index (Phi) is 3.88. The first-order chi connectivity index (χ1) is 10.1. The molecule has 1 N–H and O–H groups in total. The minimum Gasteiger partial charge on any atom is -0.381 e. The summed E-state index contributed by atoms with van der Waals surface area (Å²) in [6.45, 7) is 2.56. The summed E-state index contributed by atoms with van der Waals surface area (Å²) in [5.41, 5.74) is 3.86. The summed E-state index contributed by atoms with van der Waals surface area (Å²) in [6, 6.07) is 13.3. The first-order valence-corrected chi connectivity index (χ1v) is 7.46. The first kappa shape index (κ1) is 14.0. The molecular weight excluding hydrogens is 331 g/mol. The fraction of sp³-hybridized carbons (Fsp3) is 0.118. The Labute approximate surface area is 131 Å². The smallest absolute Gasteiger partial charge is 0.139 e. The summed E-state index contributed by atoms with van der Waals surface area (Å²) in [5, 5.41) is 4.40. The Hall–Kier alpha value is -1.94. The van der Waals surface area contributed by atoms with Crippen LogP contribution in [0.3, 0.4) is 0 Å². The molecule has 1 heterocycles. The van der Waals surface area contributed by atoms with Gasteiger partial charge in [0, 0.05) is 23.8 Å². The van der Waals surface area contributed by atoms with Gasteiger partial charge in [0.15, 0.2) is 0 Å². The third kappa shape index (κ3) is 2.90. The molecule has 0 saturated heterocycles. The Morgan fingerprint density at radius 3 is 2.86 bits per heavy atom. The van der Waals surface area contributed by atoms with Crippen molar-refractivity contribution in [1.29, 1.82) is 0 Å². The highest BCUT2D eigenvalue weighted by Gasteiger charge is 2.06. The minimum absolute atomic E-state index is 0.265. The SMILES string of the molecule is Cc1cc(Br)c(F)cc1NCc1cccc2cccnc12. The van der Waals surface area contributed by atoms with E-state index in [1.54, 1.807) is 12.3 Å². The molecule has 0 aliphatic heterocycles. The van der Waals surface area contributed by atoms with Gasteiger partial charge in [-0.05, 0) is 52.2 Å². The van der Waals surface area contributed by atoms with Crippen LogP contribution < -0.4 is 5.32 Å². The number of fused-ring (bicyclic) bond motifs is 1. The highest BCUT2D eigenvalue weighted by atomic mass is 79.9. The summed E-state index contributed by atoms with van der Waals surface area (Å²) in [7, 11) is 0. The number of anilines is 1. The molecule has 0 amide bonds. The van der Waals surface area contributed by atoms with Crippen molar-refractivity contribution < 1.29 is 4.39 Å². The number of pyridine rings is 1. The molecule has 4 heteroatoms. The van der Waals surface area contributed by atoms with Crippen LogP contribution in [0, 0.1) is 12.7 Å². The van der Waals surface area contributed by atoms with Crippen molar-refractivity contribution in [3.8, 4) is 0 Å². The van der Waals surface area contributed by atoms with E-state index < -0.39 is 0 Å². The van der Waals surface area contributed by atoms with Crippen molar-refractivity contribution in [2.45, 2.75) is 13.5 Å². The zero-order valence-electron chi connectivity index (χ0n) is 11.5. The zero-order chi connectivity index (χ0) is 14.8. The van der Waals surface area contributed by atoms with E-state index in [9.17, 15) is 4.39 Å². The second-order valence-electron chi connectivity index (χ2n) is 4.93. The molecule has 0 aliphatic rings. The van der Waals surface area contributed by atoms with Crippen molar-refractivity contribution in [2.24, 2.45) is 0 Å². The molecule has 0 atom stereocenters. The van der Waals surface area contributed by atoms with E-state index in [0.29, 0.717) is 11.0 Å². The molecule has 0 bridgehead atoms. The molecule has 1 aromatic heterocycles. The van der Waals surface area contributed by atoms with E-state index in [-0.39, 0.29) is 5.82 Å². The van der Waals surface area contributed by atoms with Gasteiger partial charge in [-0.1, -0.05) is 24.3 Å². The van der Waals surface area contributed by atoms with Crippen LogP contribution in [0.15, 0.2) is 53.1 Å². The predicted octanol–water partition coefficient (Wildman–Crippen LogP) is 5.06. The molecule has 2 aromatic carbocycles. The highest BCUT2D eigenvalue weighted by Crippen LogP contribution is 2.25. The van der Waals surface area contributed by atoms with Gasteiger partial charge in [0.05, 0.1) is 9.99 Å². The molecule has 0 spiro atoms. The number of rotatable bonds is 3. The monoisotopic (exact) mass is 344 g/mol. The van der Waals surface area contributed by atoms with E-state index >= 15 is 0 Å². The number of aryl methyl sites for hydroxylation is 1.